The molecule has 0 aliphatic rings. The van der Waals surface area contributed by atoms with Crippen LogP contribution in [0.4, 0.5) is 0 Å². The van der Waals surface area contributed by atoms with Gasteiger partial charge in [0, 0.05) is 26.0 Å². The van der Waals surface area contributed by atoms with Crippen LogP contribution >= 0.6 is 0 Å². The first-order valence-electron chi connectivity index (χ1n) is 10.6. The van der Waals surface area contributed by atoms with Crippen molar-refractivity contribution >= 4 is 28.1 Å². The van der Waals surface area contributed by atoms with Crippen LogP contribution in [0.1, 0.15) is 48.0 Å². The summed E-state index contributed by atoms with van der Waals surface area (Å²) in [6.45, 7) is 22.8. The summed E-state index contributed by atoms with van der Waals surface area (Å²) in [7, 11) is -3.80. The fourth-order valence-corrected chi connectivity index (χ4v) is 5.37. The minimum atomic E-state index is -2.20. The van der Waals surface area contributed by atoms with E-state index in [1.54, 1.807) is 26.8 Å². The summed E-state index contributed by atoms with van der Waals surface area (Å²) >= 11 is 0. The van der Waals surface area contributed by atoms with E-state index in [0.29, 0.717) is 6.61 Å². The quantitative estimate of drug-likeness (QED) is 0.270. The number of esters is 1. The summed E-state index contributed by atoms with van der Waals surface area (Å²) in [5.41, 5.74) is -0.00185. The summed E-state index contributed by atoms with van der Waals surface area (Å²) < 4.78 is 11.8. The molecule has 0 radical (unpaired) electrons. The second-order valence-electron chi connectivity index (χ2n) is 11.2. The Balaban J connectivity index is 6.21. The summed E-state index contributed by atoms with van der Waals surface area (Å²) in [4.78, 5) is 25.3. The SMILES string of the molecule is CCOC(=O)/C=C(/C[Si](C)(C)C)[C@@H](CC(=O)C(C)(C)CO)O[Si](C)(C)C(C)(C)C. The van der Waals surface area contributed by atoms with Crippen LogP contribution in [-0.4, -0.2) is 52.6 Å². The normalized spacial score (nSPS) is 15.2. The van der Waals surface area contributed by atoms with E-state index in [-0.39, 0.29) is 23.8 Å². The van der Waals surface area contributed by atoms with E-state index in [0.717, 1.165) is 11.6 Å². The molecule has 0 unspecified atom stereocenters. The van der Waals surface area contributed by atoms with Gasteiger partial charge in [0.05, 0.1) is 19.3 Å². The molecule has 0 aromatic rings. The molecule has 7 heteroatoms. The molecule has 0 spiro atoms. The molecule has 0 aromatic heterocycles. The predicted octanol–water partition coefficient (Wildman–Crippen LogP) is 5.18. The summed E-state index contributed by atoms with van der Waals surface area (Å²) in [6, 6.07) is 0.748. The van der Waals surface area contributed by atoms with Gasteiger partial charge in [-0.3, -0.25) is 4.79 Å². The lowest BCUT2D eigenvalue weighted by molar-refractivity contribution is -0.137. The molecular formula is C22H44O5Si2. The Hall–Kier alpha value is -0.766. The Morgan fingerprint density at radius 3 is 1.93 bits per heavy atom. The van der Waals surface area contributed by atoms with E-state index in [9.17, 15) is 14.7 Å². The van der Waals surface area contributed by atoms with Gasteiger partial charge in [0.15, 0.2) is 8.32 Å². The smallest absolute Gasteiger partial charge is 0.330 e. The molecule has 0 aliphatic carbocycles. The molecule has 0 fully saturated rings. The van der Waals surface area contributed by atoms with Crippen LogP contribution in [0, 0.1) is 5.41 Å². The second-order valence-corrected chi connectivity index (χ2v) is 21.5. The maximum atomic E-state index is 13.0. The number of hydrogen-bond acceptors (Lipinski definition) is 5. The summed E-state index contributed by atoms with van der Waals surface area (Å²) in [6.07, 6.45) is 1.21. The van der Waals surface area contributed by atoms with Crippen LogP contribution < -0.4 is 0 Å². The van der Waals surface area contributed by atoms with Crippen molar-refractivity contribution in [3.63, 3.8) is 0 Å². The highest BCUT2D eigenvalue weighted by Crippen LogP contribution is 2.40. The van der Waals surface area contributed by atoms with Gasteiger partial charge in [0.25, 0.3) is 0 Å². The highest BCUT2D eigenvalue weighted by molar-refractivity contribution is 6.76. The Kier molecular flexibility index (Phi) is 10.2. The molecular weight excluding hydrogens is 400 g/mol. The van der Waals surface area contributed by atoms with Gasteiger partial charge in [-0.2, -0.15) is 0 Å². The van der Waals surface area contributed by atoms with E-state index < -0.39 is 33.9 Å². The third-order valence-corrected chi connectivity index (χ3v) is 11.5. The van der Waals surface area contributed by atoms with Crippen molar-refractivity contribution in [3.8, 4) is 0 Å². The zero-order valence-electron chi connectivity index (χ0n) is 20.6. The highest BCUT2D eigenvalue weighted by Gasteiger charge is 2.42. The number of carbonyl (C=O) groups excluding carboxylic acids is 2. The zero-order valence-corrected chi connectivity index (χ0v) is 22.6. The van der Waals surface area contributed by atoms with Crippen molar-refractivity contribution in [1.29, 1.82) is 0 Å². The molecule has 0 amide bonds. The van der Waals surface area contributed by atoms with Crippen LogP contribution in [0.3, 0.4) is 0 Å². The minimum Gasteiger partial charge on any atom is -0.463 e. The first-order chi connectivity index (χ1) is 12.9. The Bertz CT molecular complexity index is 595. The molecule has 0 heterocycles. The van der Waals surface area contributed by atoms with Gasteiger partial charge in [-0.1, -0.05) is 54.3 Å². The van der Waals surface area contributed by atoms with Crippen LogP contribution in [0.15, 0.2) is 11.6 Å². The number of rotatable bonds is 11. The third kappa shape index (κ3) is 9.72. The van der Waals surface area contributed by atoms with Crippen LogP contribution in [0.5, 0.6) is 0 Å². The highest BCUT2D eigenvalue weighted by atomic mass is 28.4. The van der Waals surface area contributed by atoms with E-state index in [1.807, 2.05) is 0 Å². The summed E-state index contributed by atoms with van der Waals surface area (Å²) in [5, 5.41) is 9.61. The number of aliphatic hydroxyl groups excluding tert-OH is 1. The van der Waals surface area contributed by atoms with Gasteiger partial charge in [0.2, 0.25) is 0 Å². The number of ether oxygens (including phenoxy) is 1. The standard InChI is InChI=1S/C22H44O5Si2/c1-12-26-20(25)13-17(15-28(7,8)9)18(14-19(24)22(5,6)16-23)27-29(10,11)21(2,3)4/h13,18,23H,12,14-16H2,1-11H3/b17-13-/t18-/m1/s1. The van der Waals surface area contributed by atoms with E-state index in [1.165, 1.54) is 0 Å². The Labute approximate surface area is 180 Å². The van der Waals surface area contributed by atoms with Gasteiger partial charge >= 0.3 is 5.97 Å². The van der Waals surface area contributed by atoms with Crippen LogP contribution in [0.2, 0.25) is 43.8 Å². The molecule has 1 N–H and O–H groups in total. The van der Waals surface area contributed by atoms with Gasteiger partial charge < -0.3 is 14.3 Å². The van der Waals surface area contributed by atoms with Crippen molar-refractivity contribution in [2.24, 2.45) is 5.41 Å². The maximum absolute atomic E-state index is 13.0. The van der Waals surface area contributed by atoms with Crippen LogP contribution in [-0.2, 0) is 18.8 Å². The number of ketones is 1. The van der Waals surface area contributed by atoms with Crippen molar-refractivity contribution in [2.75, 3.05) is 13.2 Å². The lowest BCUT2D eigenvalue weighted by Crippen LogP contribution is -2.46. The van der Waals surface area contributed by atoms with Crippen LogP contribution in [0.25, 0.3) is 0 Å². The summed E-state index contributed by atoms with van der Waals surface area (Å²) in [5.74, 6) is -0.451. The second kappa shape index (κ2) is 10.5. The molecule has 0 saturated carbocycles. The molecule has 0 saturated heterocycles. The number of carbonyl (C=O) groups is 2. The van der Waals surface area contributed by atoms with E-state index in [4.69, 9.17) is 9.16 Å². The molecule has 1 atom stereocenters. The lowest BCUT2D eigenvalue weighted by atomic mass is 9.85. The van der Waals surface area contributed by atoms with Gasteiger partial charge in [-0.05, 0) is 36.7 Å². The Morgan fingerprint density at radius 2 is 1.55 bits per heavy atom. The minimum absolute atomic E-state index is 0.0327. The fraction of sp³-hybridized carbons (Fsp3) is 0.818. The predicted molar refractivity (Wildman–Crippen MR) is 125 cm³/mol. The van der Waals surface area contributed by atoms with Gasteiger partial charge in [-0.15, -0.1) is 0 Å². The lowest BCUT2D eigenvalue weighted by Gasteiger charge is -2.41. The fourth-order valence-electron chi connectivity index (χ4n) is 2.52. The van der Waals surface area contributed by atoms with E-state index in [2.05, 4.69) is 53.5 Å². The molecule has 0 bridgehead atoms. The third-order valence-electron chi connectivity index (χ3n) is 5.50. The van der Waals surface area contributed by atoms with Crippen molar-refractivity contribution in [2.45, 2.75) is 97.9 Å². The number of aliphatic hydroxyl groups is 1. The monoisotopic (exact) mass is 444 g/mol. The first-order valence-corrected chi connectivity index (χ1v) is 17.2. The van der Waals surface area contributed by atoms with Gasteiger partial charge in [0.1, 0.15) is 5.78 Å². The first kappa shape index (κ1) is 28.2. The molecule has 170 valence electrons. The van der Waals surface area contributed by atoms with Crippen molar-refractivity contribution in [1.82, 2.24) is 0 Å². The number of Topliss-reactive ketones (excluding diaryl/α,β-unsaturated/α-hetero) is 1. The molecule has 29 heavy (non-hydrogen) atoms. The average Bonchev–Trinajstić information content (AvgIpc) is 2.51. The topological polar surface area (TPSA) is 72.8 Å². The van der Waals surface area contributed by atoms with E-state index >= 15 is 0 Å². The number of hydrogen-bond donors (Lipinski definition) is 1. The molecule has 0 aromatic carbocycles. The molecule has 0 aliphatic heterocycles. The molecule has 0 rings (SSSR count). The van der Waals surface area contributed by atoms with Crippen molar-refractivity contribution < 1.29 is 23.9 Å². The molecule has 5 nitrogen and oxygen atoms in total. The Morgan fingerprint density at radius 1 is 1.03 bits per heavy atom. The van der Waals surface area contributed by atoms with Crippen molar-refractivity contribution in [3.05, 3.63) is 11.6 Å². The average molecular weight is 445 g/mol. The maximum Gasteiger partial charge on any atom is 0.330 e. The largest absolute Gasteiger partial charge is 0.463 e. The zero-order chi connectivity index (χ0) is 23.3. The van der Waals surface area contributed by atoms with Gasteiger partial charge in [-0.25, -0.2) is 4.79 Å².